The third-order valence-electron chi connectivity index (χ3n) is 6.30. The van der Waals surface area contributed by atoms with E-state index in [0.717, 1.165) is 4.90 Å². The number of rotatable bonds is 5. The first-order valence-corrected chi connectivity index (χ1v) is 12.7. The molecule has 1 amide bonds. The molecule has 1 fully saturated rings. The molecule has 37 heavy (non-hydrogen) atoms. The highest BCUT2D eigenvalue weighted by molar-refractivity contribution is 7.99. The van der Waals surface area contributed by atoms with E-state index in [1.165, 1.54) is 34.9 Å². The summed E-state index contributed by atoms with van der Waals surface area (Å²) in [6.45, 7) is 5.65. The van der Waals surface area contributed by atoms with Crippen LogP contribution in [-0.4, -0.2) is 56.7 Å². The molecule has 8 nitrogen and oxygen atoms in total. The second-order valence-corrected chi connectivity index (χ2v) is 9.75. The van der Waals surface area contributed by atoms with E-state index in [0.29, 0.717) is 59.4 Å². The van der Waals surface area contributed by atoms with Gasteiger partial charge in [0.2, 0.25) is 0 Å². The lowest BCUT2D eigenvalue weighted by Crippen LogP contribution is -2.49. The zero-order valence-corrected chi connectivity index (χ0v) is 21.3. The fourth-order valence-corrected chi connectivity index (χ4v) is 5.30. The molecule has 4 aromatic rings. The standard InChI is InChI=1S/C27H25FN6O2S/c1-18-24(19(2)30-17-29-18)26(35)33-14-12-32(13-15-33)23-16-31-34(21-6-4-3-5-7-21)27(36)25(23)37-22-10-8-20(28)9-11-22/h3-11,16-17H,12-15H2,1-2H3. The van der Waals surface area contributed by atoms with Crippen molar-refractivity contribution in [3.8, 4) is 5.69 Å². The number of carbonyl (C=O) groups excluding carboxylic acids is 1. The molecule has 0 bridgehead atoms. The Balaban J connectivity index is 1.44. The van der Waals surface area contributed by atoms with Crippen molar-refractivity contribution in [1.82, 2.24) is 24.6 Å². The molecule has 10 heteroatoms. The minimum absolute atomic E-state index is 0.0891. The summed E-state index contributed by atoms with van der Waals surface area (Å²) >= 11 is 1.28. The first-order valence-electron chi connectivity index (χ1n) is 11.9. The van der Waals surface area contributed by atoms with Crippen molar-refractivity contribution in [3.05, 3.63) is 100 Å². The molecule has 0 atom stereocenters. The summed E-state index contributed by atoms with van der Waals surface area (Å²) < 4.78 is 14.9. The average molecular weight is 517 g/mol. The molecule has 5 rings (SSSR count). The van der Waals surface area contributed by atoms with E-state index < -0.39 is 0 Å². The average Bonchev–Trinajstić information content (AvgIpc) is 2.91. The number of aromatic nitrogens is 4. The summed E-state index contributed by atoms with van der Waals surface area (Å²) in [4.78, 5) is 40.3. The summed E-state index contributed by atoms with van der Waals surface area (Å²) in [5.41, 5.74) is 2.94. The number of amides is 1. The lowest BCUT2D eigenvalue weighted by atomic mass is 10.1. The van der Waals surface area contributed by atoms with Gasteiger partial charge in [0, 0.05) is 31.1 Å². The lowest BCUT2D eigenvalue weighted by molar-refractivity contribution is 0.0744. The van der Waals surface area contributed by atoms with Crippen molar-refractivity contribution in [2.45, 2.75) is 23.6 Å². The SMILES string of the molecule is Cc1ncnc(C)c1C(=O)N1CCN(c2cnn(-c3ccccc3)c(=O)c2Sc2ccc(F)cc2)CC1. The topological polar surface area (TPSA) is 84.2 Å². The van der Waals surface area contributed by atoms with E-state index in [2.05, 4.69) is 20.0 Å². The van der Waals surface area contributed by atoms with Crippen LogP contribution < -0.4 is 10.5 Å². The molecule has 0 saturated carbocycles. The van der Waals surface area contributed by atoms with Gasteiger partial charge in [-0.3, -0.25) is 9.59 Å². The van der Waals surface area contributed by atoms with Crippen molar-refractivity contribution < 1.29 is 9.18 Å². The van der Waals surface area contributed by atoms with E-state index in [-0.39, 0.29) is 17.3 Å². The van der Waals surface area contributed by atoms with Crippen molar-refractivity contribution in [2.75, 3.05) is 31.1 Å². The zero-order chi connectivity index (χ0) is 25.9. The van der Waals surface area contributed by atoms with Gasteiger partial charge in [-0.25, -0.2) is 14.4 Å². The Kier molecular flexibility index (Phi) is 7.00. The summed E-state index contributed by atoms with van der Waals surface area (Å²) in [7, 11) is 0. The smallest absolute Gasteiger partial charge is 0.287 e. The number of halogens is 1. The molecule has 1 aliphatic heterocycles. The van der Waals surface area contributed by atoms with Crippen LogP contribution in [0.5, 0.6) is 0 Å². The first-order chi connectivity index (χ1) is 17.9. The molecule has 2 aromatic carbocycles. The summed E-state index contributed by atoms with van der Waals surface area (Å²) in [5, 5.41) is 4.46. The van der Waals surface area contributed by atoms with Crippen LogP contribution in [-0.2, 0) is 0 Å². The van der Waals surface area contributed by atoms with Crippen molar-refractivity contribution in [2.24, 2.45) is 0 Å². The Bertz CT molecular complexity index is 1470. The predicted octanol–water partition coefficient (Wildman–Crippen LogP) is 3.89. The number of carbonyl (C=O) groups is 1. The molecule has 188 valence electrons. The van der Waals surface area contributed by atoms with Crippen LogP contribution in [0.25, 0.3) is 5.69 Å². The van der Waals surface area contributed by atoms with Gasteiger partial charge < -0.3 is 9.80 Å². The molecule has 0 spiro atoms. The fraction of sp³-hybridized carbons (Fsp3) is 0.222. The number of anilines is 1. The van der Waals surface area contributed by atoms with Crippen molar-refractivity contribution in [3.63, 3.8) is 0 Å². The van der Waals surface area contributed by atoms with Crippen molar-refractivity contribution >= 4 is 23.4 Å². The number of piperazine rings is 1. The molecule has 0 aliphatic carbocycles. The quantitative estimate of drug-likeness (QED) is 0.398. The maximum atomic E-state index is 13.6. The molecular formula is C27H25FN6O2S. The lowest BCUT2D eigenvalue weighted by Gasteiger charge is -2.36. The van der Waals surface area contributed by atoms with Crippen LogP contribution in [0, 0.1) is 19.7 Å². The molecule has 0 N–H and O–H groups in total. The summed E-state index contributed by atoms with van der Waals surface area (Å²) in [6, 6.07) is 15.3. The Hall–Kier alpha value is -4.05. The van der Waals surface area contributed by atoms with E-state index >= 15 is 0 Å². The molecule has 3 heterocycles. The number of hydrogen-bond acceptors (Lipinski definition) is 7. The maximum Gasteiger partial charge on any atom is 0.287 e. The summed E-state index contributed by atoms with van der Waals surface area (Å²) in [5.74, 6) is -0.426. The largest absolute Gasteiger partial charge is 0.366 e. The van der Waals surface area contributed by atoms with Gasteiger partial charge in [0.15, 0.2) is 0 Å². The third kappa shape index (κ3) is 5.10. The van der Waals surface area contributed by atoms with E-state index in [9.17, 15) is 14.0 Å². The van der Waals surface area contributed by atoms with Gasteiger partial charge in [0.05, 0.1) is 34.5 Å². The number of aryl methyl sites for hydroxylation is 2. The fourth-order valence-electron chi connectivity index (χ4n) is 4.34. The van der Waals surface area contributed by atoms with E-state index in [1.807, 2.05) is 44.2 Å². The number of hydrogen-bond donors (Lipinski definition) is 0. The molecule has 1 aliphatic rings. The van der Waals surface area contributed by atoms with Gasteiger partial charge in [-0.2, -0.15) is 9.78 Å². The van der Waals surface area contributed by atoms with Gasteiger partial charge >= 0.3 is 0 Å². The Morgan fingerprint density at radius 1 is 0.919 bits per heavy atom. The highest BCUT2D eigenvalue weighted by atomic mass is 32.2. The molecule has 1 saturated heterocycles. The Morgan fingerprint density at radius 3 is 2.22 bits per heavy atom. The van der Waals surface area contributed by atoms with Gasteiger partial charge in [-0.05, 0) is 50.2 Å². The van der Waals surface area contributed by atoms with Crippen molar-refractivity contribution in [1.29, 1.82) is 0 Å². The second-order valence-electron chi connectivity index (χ2n) is 8.67. The first kappa shape index (κ1) is 24.6. The van der Waals surface area contributed by atoms with Gasteiger partial charge in [0.25, 0.3) is 11.5 Å². The number of para-hydroxylation sites is 1. The van der Waals surface area contributed by atoms with Crippen LogP contribution in [0.2, 0.25) is 0 Å². The maximum absolute atomic E-state index is 13.6. The molecule has 0 radical (unpaired) electrons. The Labute approximate surface area is 217 Å². The third-order valence-corrected chi connectivity index (χ3v) is 7.39. The van der Waals surface area contributed by atoms with Crippen LogP contribution in [0.4, 0.5) is 10.1 Å². The normalized spacial score (nSPS) is 13.6. The molecule has 0 unspecified atom stereocenters. The molecule has 2 aromatic heterocycles. The number of nitrogens with zero attached hydrogens (tertiary/aromatic N) is 6. The van der Waals surface area contributed by atoms with Crippen LogP contribution >= 0.6 is 11.8 Å². The minimum Gasteiger partial charge on any atom is -0.366 e. The zero-order valence-electron chi connectivity index (χ0n) is 20.5. The van der Waals surface area contributed by atoms with Gasteiger partial charge in [-0.15, -0.1) is 0 Å². The molecular weight excluding hydrogens is 491 g/mol. The highest BCUT2D eigenvalue weighted by Gasteiger charge is 2.27. The van der Waals surface area contributed by atoms with E-state index in [1.54, 1.807) is 23.2 Å². The highest BCUT2D eigenvalue weighted by Crippen LogP contribution is 2.33. The van der Waals surface area contributed by atoms with Crippen LogP contribution in [0.15, 0.2) is 81.7 Å². The second kappa shape index (κ2) is 10.5. The van der Waals surface area contributed by atoms with Gasteiger partial charge in [0.1, 0.15) is 17.0 Å². The summed E-state index contributed by atoms with van der Waals surface area (Å²) in [6.07, 6.45) is 3.15. The predicted molar refractivity (Wildman–Crippen MR) is 140 cm³/mol. The minimum atomic E-state index is -0.337. The van der Waals surface area contributed by atoms with Crippen LogP contribution in [0.3, 0.4) is 0 Å². The van der Waals surface area contributed by atoms with E-state index in [4.69, 9.17) is 0 Å². The number of benzene rings is 2. The monoisotopic (exact) mass is 516 g/mol. The Morgan fingerprint density at radius 2 is 1.57 bits per heavy atom. The van der Waals surface area contributed by atoms with Crippen LogP contribution in [0.1, 0.15) is 21.7 Å². The van der Waals surface area contributed by atoms with Gasteiger partial charge in [-0.1, -0.05) is 30.0 Å².